The van der Waals surface area contributed by atoms with Crippen molar-refractivity contribution in [2.24, 2.45) is 0 Å². The molecular formula is C48H33F6NO3. The average molecular weight is 786 g/mol. The van der Waals surface area contributed by atoms with Crippen LogP contribution in [0, 0.1) is 27.7 Å². The fraction of sp³-hybridized carbons (Fsp3) is 0.125. The van der Waals surface area contributed by atoms with Crippen molar-refractivity contribution in [2.45, 2.75) is 40.0 Å². The van der Waals surface area contributed by atoms with Crippen LogP contribution >= 0.6 is 0 Å². The highest BCUT2D eigenvalue weighted by Crippen LogP contribution is 2.40. The van der Waals surface area contributed by atoms with Gasteiger partial charge in [0, 0.05) is 39.8 Å². The molecule has 0 unspecified atom stereocenters. The van der Waals surface area contributed by atoms with Gasteiger partial charge in [0.05, 0.1) is 11.8 Å². The first-order valence-electron chi connectivity index (χ1n) is 18.3. The summed E-state index contributed by atoms with van der Waals surface area (Å²) in [4.78, 5) is 23.6. The SMILES string of the molecule is Cc1c(-c2ccc(C(=O)C(F)(F)F)cc2)ccc(-c2cc(-c3ccc(-c4ccc(C(=O)C(F)(F)F)cc4)c(C)c3C)cc(-n3ccc4cc5ccoc5cc43)c2)c1C. The predicted octanol–water partition coefficient (Wildman–Crippen LogP) is 13.8. The molecule has 0 saturated carbocycles. The zero-order chi connectivity index (χ0) is 41.3. The van der Waals surface area contributed by atoms with Crippen molar-refractivity contribution in [3.05, 3.63) is 161 Å². The molecule has 0 aliphatic carbocycles. The number of fused-ring (bicyclic) bond motifs is 2. The summed E-state index contributed by atoms with van der Waals surface area (Å²) in [6.07, 6.45) is -6.26. The summed E-state index contributed by atoms with van der Waals surface area (Å²) in [6, 6.07) is 33.1. The van der Waals surface area contributed by atoms with Crippen LogP contribution < -0.4 is 0 Å². The van der Waals surface area contributed by atoms with Gasteiger partial charge < -0.3 is 8.98 Å². The van der Waals surface area contributed by atoms with Crippen LogP contribution in [0.25, 0.3) is 72.1 Å². The van der Waals surface area contributed by atoms with Gasteiger partial charge in [-0.3, -0.25) is 9.59 Å². The Kier molecular flexibility index (Phi) is 9.26. The molecule has 4 nitrogen and oxygen atoms in total. The Morgan fingerprint density at radius 3 is 1.34 bits per heavy atom. The van der Waals surface area contributed by atoms with E-state index in [4.69, 9.17) is 4.42 Å². The number of furan rings is 1. The number of Topliss-reactive ketones (excluding diaryl/α,β-unsaturated/α-hetero) is 2. The molecule has 290 valence electrons. The number of carbonyl (C=O) groups is 2. The van der Waals surface area contributed by atoms with E-state index in [9.17, 15) is 35.9 Å². The summed E-state index contributed by atoms with van der Waals surface area (Å²) in [7, 11) is 0. The minimum absolute atomic E-state index is 0.425. The maximum Gasteiger partial charge on any atom is 0.454 e. The van der Waals surface area contributed by atoms with Crippen LogP contribution in [0.3, 0.4) is 0 Å². The lowest BCUT2D eigenvalue weighted by molar-refractivity contribution is -0.0888. The number of halogens is 6. The molecule has 0 amide bonds. The number of rotatable bonds is 7. The van der Waals surface area contributed by atoms with Crippen LogP contribution in [0.5, 0.6) is 0 Å². The summed E-state index contributed by atoms with van der Waals surface area (Å²) < 4.78 is 86.2. The van der Waals surface area contributed by atoms with Gasteiger partial charge in [0.2, 0.25) is 0 Å². The van der Waals surface area contributed by atoms with Crippen molar-refractivity contribution in [1.29, 1.82) is 0 Å². The summed E-state index contributed by atoms with van der Waals surface area (Å²) in [6.45, 7) is 7.91. The minimum Gasteiger partial charge on any atom is -0.464 e. The van der Waals surface area contributed by atoms with Crippen LogP contribution in [-0.2, 0) is 0 Å². The first kappa shape index (κ1) is 38.2. The van der Waals surface area contributed by atoms with E-state index in [1.165, 1.54) is 48.5 Å². The third kappa shape index (κ3) is 6.78. The van der Waals surface area contributed by atoms with Gasteiger partial charge in [0.15, 0.2) is 0 Å². The molecular weight excluding hydrogens is 753 g/mol. The quantitative estimate of drug-likeness (QED) is 0.119. The Balaban J connectivity index is 1.24. The predicted molar refractivity (Wildman–Crippen MR) is 215 cm³/mol. The molecule has 0 fully saturated rings. The standard InChI is InChI=1S/C48H33F6NO3/c1-26-28(3)41(15-13-39(26)30-5-9-32(10-6-30)45(56)47(49,50)51)36-22-37(24-38(23-36)55-19-17-34-21-35-18-20-58-44(35)25-43(34)55)42-16-14-40(27(2)29(42)4)31-7-11-33(12-8-31)46(57)48(52,53)54/h5-25H,1-4H3. The maximum absolute atomic E-state index is 13.1. The van der Waals surface area contributed by atoms with Gasteiger partial charge >= 0.3 is 12.4 Å². The number of aromatic nitrogens is 1. The van der Waals surface area contributed by atoms with Gasteiger partial charge in [-0.2, -0.15) is 26.3 Å². The largest absolute Gasteiger partial charge is 0.464 e. The van der Waals surface area contributed by atoms with Crippen LogP contribution in [0.4, 0.5) is 26.3 Å². The van der Waals surface area contributed by atoms with Crippen LogP contribution in [0.15, 0.2) is 132 Å². The topological polar surface area (TPSA) is 52.2 Å². The van der Waals surface area contributed by atoms with Gasteiger partial charge in [0.25, 0.3) is 11.6 Å². The van der Waals surface area contributed by atoms with Gasteiger partial charge in [-0.25, -0.2) is 0 Å². The lowest BCUT2D eigenvalue weighted by Gasteiger charge is -2.19. The number of nitrogens with zero attached hydrogens (tertiary/aromatic N) is 1. The smallest absolute Gasteiger partial charge is 0.454 e. The molecule has 6 aromatic carbocycles. The van der Waals surface area contributed by atoms with Crippen molar-refractivity contribution < 1.29 is 40.3 Å². The van der Waals surface area contributed by atoms with E-state index in [0.29, 0.717) is 11.1 Å². The van der Waals surface area contributed by atoms with Gasteiger partial charge in [-0.15, -0.1) is 0 Å². The molecule has 0 radical (unpaired) electrons. The van der Waals surface area contributed by atoms with Gasteiger partial charge in [0.1, 0.15) is 5.58 Å². The third-order valence-corrected chi connectivity index (χ3v) is 11.1. The van der Waals surface area contributed by atoms with Crippen LogP contribution in [0.2, 0.25) is 0 Å². The Morgan fingerprint density at radius 1 is 0.483 bits per heavy atom. The number of hydrogen-bond donors (Lipinski definition) is 0. The summed E-state index contributed by atoms with van der Waals surface area (Å²) in [5.41, 5.74) is 12.2. The fourth-order valence-corrected chi connectivity index (χ4v) is 7.70. The van der Waals surface area contributed by atoms with Crippen molar-refractivity contribution in [3.63, 3.8) is 0 Å². The van der Waals surface area contributed by atoms with Gasteiger partial charge in [-0.1, -0.05) is 72.8 Å². The normalized spacial score (nSPS) is 12.1. The number of alkyl halides is 6. The zero-order valence-corrected chi connectivity index (χ0v) is 31.6. The van der Waals surface area contributed by atoms with E-state index in [1.54, 1.807) is 6.26 Å². The summed E-state index contributed by atoms with van der Waals surface area (Å²) in [5.74, 6) is -3.78. The highest BCUT2D eigenvalue weighted by atomic mass is 19.4. The Morgan fingerprint density at radius 2 is 0.914 bits per heavy atom. The third-order valence-electron chi connectivity index (χ3n) is 11.1. The Hall–Kier alpha value is -6.68. The van der Waals surface area contributed by atoms with E-state index < -0.39 is 35.0 Å². The molecule has 0 aliphatic heterocycles. The average Bonchev–Trinajstić information content (AvgIpc) is 3.84. The van der Waals surface area contributed by atoms with E-state index >= 15 is 0 Å². The second kappa shape index (κ2) is 14.1. The molecule has 0 bridgehead atoms. The van der Waals surface area contributed by atoms with Crippen molar-refractivity contribution in [3.8, 4) is 50.2 Å². The molecule has 0 aliphatic rings. The molecule has 0 saturated heterocycles. The highest BCUT2D eigenvalue weighted by Gasteiger charge is 2.40. The first-order valence-corrected chi connectivity index (χ1v) is 18.3. The number of ketones is 2. The Labute approximate surface area is 329 Å². The number of hydrogen-bond acceptors (Lipinski definition) is 3. The van der Waals surface area contributed by atoms with Crippen molar-refractivity contribution in [1.82, 2.24) is 4.57 Å². The van der Waals surface area contributed by atoms with E-state index in [2.05, 4.69) is 28.8 Å². The molecule has 0 spiro atoms. The van der Waals surface area contributed by atoms with Gasteiger partial charge in [-0.05, 0) is 131 Å². The fourth-order valence-electron chi connectivity index (χ4n) is 7.70. The summed E-state index contributed by atoms with van der Waals surface area (Å²) >= 11 is 0. The lowest BCUT2D eigenvalue weighted by Crippen LogP contribution is -2.22. The number of carbonyl (C=O) groups excluding carboxylic acids is 2. The second-order valence-corrected chi connectivity index (χ2v) is 14.5. The molecule has 10 heteroatoms. The van der Waals surface area contributed by atoms with Crippen molar-refractivity contribution in [2.75, 3.05) is 0 Å². The first-order chi connectivity index (χ1) is 27.5. The molecule has 58 heavy (non-hydrogen) atoms. The lowest BCUT2D eigenvalue weighted by atomic mass is 9.87. The van der Waals surface area contributed by atoms with E-state index in [1.807, 2.05) is 76.4 Å². The molecule has 0 N–H and O–H groups in total. The van der Waals surface area contributed by atoms with E-state index in [-0.39, 0.29) is 0 Å². The Bertz CT molecular complexity index is 2790. The van der Waals surface area contributed by atoms with Crippen molar-refractivity contribution >= 4 is 33.4 Å². The summed E-state index contributed by atoms with van der Waals surface area (Å²) in [5, 5.41) is 2.01. The van der Waals surface area contributed by atoms with E-state index in [0.717, 1.165) is 83.2 Å². The minimum atomic E-state index is -4.96. The molecule has 2 aromatic heterocycles. The number of benzene rings is 6. The van der Waals surface area contributed by atoms with Crippen LogP contribution in [0.1, 0.15) is 43.0 Å². The molecule has 2 heterocycles. The molecule has 0 atom stereocenters. The molecule has 8 rings (SSSR count). The monoisotopic (exact) mass is 785 g/mol. The zero-order valence-electron chi connectivity index (χ0n) is 31.6. The van der Waals surface area contributed by atoms with Crippen LogP contribution in [-0.4, -0.2) is 28.5 Å². The molecule has 8 aromatic rings. The maximum atomic E-state index is 13.1. The second-order valence-electron chi connectivity index (χ2n) is 14.5. The highest BCUT2D eigenvalue weighted by molar-refractivity contribution is 6.01.